The quantitative estimate of drug-likeness (QED) is 0.675. The molecular formula is C25H32N4S. The molecular weight excluding hydrogens is 388 g/mol. The molecule has 1 aromatic heterocycles. The van der Waals surface area contributed by atoms with Gasteiger partial charge in [-0.05, 0) is 74.3 Å². The fourth-order valence-electron chi connectivity index (χ4n) is 4.72. The van der Waals surface area contributed by atoms with Gasteiger partial charge < -0.3 is 15.1 Å². The van der Waals surface area contributed by atoms with Crippen LogP contribution in [0.1, 0.15) is 63.5 Å². The summed E-state index contributed by atoms with van der Waals surface area (Å²) in [6.45, 7) is 12.1. The van der Waals surface area contributed by atoms with Gasteiger partial charge in [0.2, 0.25) is 0 Å². The number of pyridine rings is 1. The number of thiocarbonyl (C=S) groups is 1. The molecule has 0 radical (unpaired) electrons. The van der Waals surface area contributed by atoms with Crippen molar-refractivity contribution in [1.82, 2.24) is 15.2 Å². The number of hydrogen-bond acceptors (Lipinski definition) is 3. The molecule has 158 valence electrons. The third kappa shape index (κ3) is 3.60. The number of nitrogens with one attached hydrogen (secondary N) is 1. The van der Waals surface area contributed by atoms with Crippen molar-refractivity contribution in [3.63, 3.8) is 0 Å². The Balaban J connectivity index is 1.81. The third-order valence-electron chi connectivity index (χ3n) is 6.34. The molecule has 0 spiro atoms. The molecule has 3 heterocycles. The van der Waals surface area contributed by atoms with Crippen LogP contribution in [0.25, 0.3) is 5.57 Å². The van der Waals surface area contributed by atoms with Crippen LogP contribution in [0.3, 0.4) is 0 Å². The molecule has 0 bridgehead atoms. The van der Waals surface area contributed by atoms with Crippen LogP contribution in [0.2, 0.25) is 0 Å². The predicted octanol–water partition coefficient (Wildman–Crippen LogP) is 5.34. The number of rotatable bonds is 4. The molecule has 0 saturated carbocycles. The Bertz CT molecular complexity index is 980. The van der Waals surface area contributed by atoms with E-state index in [0.29, 0.717) is 5.92 Å². The maximum atomic E-state index is 5.77. The molecule has 1 fully saturated rings. The molecule has 0 amide bonds. The summed E-state index contributed by atoms with van der Waals surface area (Å²) in [4.78, 5) is 9.35. The van der Waals surface area contributed by atoms with Gasteiger partial charge in [0, 0.05) is 31.0 Å². The number of allylic oxidation sites excluding steroid dienone is 1. The highest BCUT2D eigenvalue weighted by Gasteiger charge is 2.40. The Hall–Kier alpha value is -2.40. The fourth-order valence-corrected chi connectivity index (χ4v) is 5.03. The number of nitrogens with zero attached hydrogens (tertiary/aromatic N) is 3. The van der Waals surface area contributed by atoms with Gasteiger partial charge in [-0.2, -0.15) is 0 Å². The highest BCUT2D eigenvalue weighted by atomic mass is 32.1. The molecule has 2 atom stereocenters. The van der Waals surface area contributed by atoms with Gasteiger partial charge in [-0.3, -0.25) is 4.98 Å². The number of likely N-dealkylation sites (N-methyl/N-ethyl adjacent to an activating group) is 1. The summed E-state index contributed by atoms with van der Waals surface area (Å²) in [7, 11) is 2.18. The van der Waals surface area contributed by atoms with Crippen LogP contribution in [0.4, 0.5) is 5.69 Å². The standard InChI is InChI=1S/C25H32N4S/c1-16(2)15-29-23(22(27-24(29)30)20-9-7-8-12-26-20)18-10-11-21-19(13-18)17(3)14-25(4,5)28(21)6/h7-14,16,22-23H,15H2,1-6H3,(H,27,30)/t22-,23-/m1/s1. The van der Waals surface area contributed by atoms with Gasteiger partial charge in [0.05, 0.1) is 23.3 Å². The van der Waals surface area contributed by atoms with Crippen molar-refractivity contribution in [1.29, 1.82) is 0 Å². The maximum absolute atomic E-state index is 5.77. The van der Waals surface area contributed by atoms with Crippen molar-refractivity contribution < 1.29 is 0 Å². The first-order valence-corrected chi connectivity index (χ1v) is 11.2. The van der Waals surface area contributed by atoms with Gasteiger partial charge in [0.25, 0.3) is 0 Å². The zero-order valence-corrected chi connectivity index (χ0v) is 19.6. The Kier molecular flexibility index (Phi) is 5.35. The Labute approximate surface area is 186 Å². The smallest absolute Gasteiger partial charge is 0.170 e. The normalized spacial score (nSPS) is 22.8. The van der Waals surface area contributed by atoms with Crippen LogP contribution < -0.4 is 10.2 Å². The summed E-state index contributed by atoms with van der Waals surface area (Å²) in [5.74, 6) is 0.515. The largest absolute Gasteiger partial charge is 0.366 e. The maximum Gasteiger partial charge on any atom is 0.170 e. The highest BCUT2D eigenvalue weighted by Crippen LogP contribution is 2.43. The second-order valence-electron chi connectivity index (χ2n) is 9.49. The van der Waals surface area contributed by atoms with Crippen LogP contribution in [0.15, 0.2) is 48.7 Å². The van der Waals surface area contributed by atoms with E-state index < -0.39 is 0 Å². The van der Waals surface area contributed by atoms with Crippen molar-refractivity contribution in [3.8, 4) is 0 Å². The van der Waals surface area contributed by atoms with E-state index in [2.05, 4.69) is 92.1 Å². The molecule has 4 nitrogen and oxygen atoms in total. The van der Waals surface area contributed by atoms with E-state index in [1.54, 1.807) is 0 Å². The summed E-state index contributed by atoms with van der Waals surface area (Å²) in [6, 6.07) is 13.2. The molecule has 1 saturated heterocycles. The van der Waals surface area contributed by atoms with Crippen molar-refractivity contribution in [2.45, 2.75) is 52.2 Å². The molecule has 2 aromatic rings. The highest BCUT2D eigenvalue weighted by molar-refractivity contribution is 7.80. The second kappa shape index (κ2) is 7.69. The number of anilines is 1. The van der Waals surface area contributed by atoms with Crippen molar-refractivity contribution in [2.75, 3.05) is 18.5 Å². The number of aromatic nitrogens is 1. The van der Waals surface area contributed by atoms with Gasteiger partial charge in [0.15, 0.2) is 5.11 Å². The van der Waals surface area contributed by atoms with Crippen LogP contribution in [-0.2, 0) is 0 Å². The minimum atomic E-state index is 0.00918. The van der Waals surface area contributed by atoms with E-state index in [1.165, 1.54) is 22.4 Å². The van der Waals surface area contributed by atoms with E-state index in [0.717, 1.165) is 17.4 Å². The molecule has 2 aliphatic heterocycles. The number of hydrogen-bond donors (Lipinski definition) is 1. The summed E-state index contributed by atoms with van der Waals surface area (Å²) >= 11 is 5.77. The van der Waals surface area contributed by atoms with Gasteiger partial charge in [0.1, 0.15) is 0 Å². The van der Waals surface area contributed by atoms with Gasteiger partial charge in [-0.25, -0.2) is 0 Å². The van der Waals surface area contributed by atoms with E-state index in [1.807, 2.05) is 18.3 Å². The predicted molar refractivity (Wildman–Crippen MR) is 130 cm³/mol. The van der Waals surface area contributed by atoms with Crippen LogP contribution in [-0.4, -0.2) is 34.1 Å². The summed E-state index contributed by atoms with van der Waals surface area (Å²) in [5.41, 5.74) is 6.22. The third-order valence-corrected chi connectivity index (χ3v) is 6.69. The molecule has 5 heteroatoms. The average Bonchev–Trinajstić information content (AvgIpc) is 3.02. The Morgan fingerprint density at radius 2 is 1.97 bits per heavy atom. The topological polar surface area (TPSA) is 31.4 Å². The summed E-state index contributed by atoms with van der Waals surface area (Å²) in [5, 5.41) is 4.37. The Morgan fingerprint density at radius 3 is 2.63 bits per heavy atom. The monoisotopic (exact) mass is 420 g/mol. The molecule has 2 aliphatic rings. The zero-order valence-electron chi connectivity index (χ0n) is 18.8. The lowest BCUT2D eigenvalue weighted by Gasteiger charge is -2.41. The summed E-state index contributed by atoms with van der Waals surface area (Å²) < 4.78 is 0. The second-order valence-corrected chi connectivity index (χ2v) is 9.88. The Morgan fingerprint density at radius 1 is 1.20 bits per heavy atom. The lowest BCUT2D eigenvalue weighted by Crippen LogP contribution is -2.42. The number of fused-ring (bicyclic) bond motifs is 1. The molecule has 0 aliphatic carbocycles. The average molecular weight is 421 g/mol. The zero-order chi connectivity index (χ0) is 21.6. The molecule has 30 heavy (non-hydrogen) atoms. The lowest BCUT2D eigenvalue weighted by atomic mass is 9.86. The molecule has 0 unspecified atom stereocenters. The van der Waals surface area contributed by atoms with E-state index in [-0.39, 0.29) is 17.6 Å². The molecule has 1 aromatic carbocycles. The van der Waals surface area contributed by atoms with E-state index in [9.17, 15) is 0 Å². The summed E-state index contributed by atoms with van der Waals surface area (Å²) in [6.07, 6.45) is 4.22. The SMILES string of the molecule is CC1=CC(C)(C)N(C)c2ccc([C@@H]3[C@@H](c4ccccn4)NC(=S)N3CC(C)C)cc21. The van der Waals surface area contributed by atoms with Crippen LogP contribution in [0, 0.1) is 5.92 Å². The minimum absolute atomic E-state index is 0.00918. The van der Waals surface area contributed by atoms with E-state index >= 15 is 0 Å². The van der Waals surface area contributed by atoms with E-state index in [4.69, 9.17) is 12.2 Å². The van der Waals surface area contributed by atoms with Gasteiger partial charge in [-0.1, -0.05) is 32.1 Å². The van der Waals surface area contributed by atoms with Gasteiger partial charge >= 0.3 is 0 Å². The molecule has 4 rings (SSSR count). The van der Waals surface area contributed by atoms with Crippen LogP contribution in [0.5, 0.6) is 0 Å². The van der Waals surface area contributed by atoms with Crippen molar-refractivity contribution >= 4 is 28.6 Å². The number of benzene rings is 1. The van der Waals surface area contributed by atoms with Crippen molar-refractivity contribution in [3.05, 3.63) is 65.5 Å². The minimum Gasteiger partial charge on any atom is -0.366 e. The van der Waals surface area contributed by atoms with Crippen LogP contribution >= 0.6 is 12.2 Å². The molecule has 1 N–H and O–H groups in total. The first-order chi connectivity index (χ1) is 14.2. The van der Waals surface area contributed by atoms with Crippen molar-refractivity contribution in [2.24, 2.45) is 5.92 Å². The first-order valence-electron chi connectivity index (χ1n) is 10.7. The fraction of sp³-hybridized carbons (Fsp3) is 0.440. The first kappa shape index (κ1) is 20.9. The lowest BCUT2D eigenvalue weighted by molar-refractivity contribution is 0.287. The van der Waals surface area contributed by atoms with Gasteiger partial charge in [-0.15, -0.1) is 0 Å².